The maximum absolute atomic E-state index is 11.8. The van der Waals surface area contributed by atoms with Gasteiger partial charge < -0.3 is 4.74 Å². The lowest BCUT2D eigenvalue weighted by Crippen LogP contribution is -2.06. The van der Waals surface area contributed by atoms with E-state index in [1.165, 1.54) is 18.9 Å². The molecule has 142 valence electrons. The number of carbonyl (C=O) groups is 1. The van der Waals surface area contributed by atoms with Crippen molar-refractivity contribution in [3.8, 4) is 5.69 Å². The second kappa shape index (κ2) is 7.39. The van der Waals surface area contributed by atoms with Crippen molar-refractivity contribution in [2.75, 3.05) is 12.9 Å². The third kappa shape index (κ3) is 3.22. The average Bonchev–Trinajstić information content (AvgIpc) is 3.28. The molecule has 3 aromatic heterocycles. The molecule has 0 radical (unpaired) electrons. The second-order valence-electron chi connectivity index (χ2n) is 6.03. The van der Waals surface area contributed by atoms with Crippen LogP contribution < -0.4 is 0 Å². The summed E-state index contributed by atoms with van der Waals surface area (Å²) >= 11 is 1.45. The van der Waals surface area contributed by atoms with Crippen LogP contribution in [0.25, 0.3) is 22.6 Å². The van der Waals surface area contributed by atoms with Gasteiger partial charge >= 0.3 is 5.97 Å². The second-order valence-corrected chi connectivity index (χ2v) is 7.01. The van der Waals surface area contributed by atoms with Gasteiger partial charge in [0.15, 0.2) is 11.2 Å². The number of aromatic nitrogens is 7. The Balaban J connectivity index is 1.96. The molecule has 0 spiro atoms. The van der Waals surface area contributed by atoms with Crippen LogP contribution in [0.3, 0.4) is 0 Å². The number of thioether (sulfide) groups is 1. The van der Waals surface area contributed by atoms with Gasteiger partial charge in [-0.2, -0.15) is 14.6 Å². The van der Waals surface area contributed by atoms with E-state index in [1.807, 2.05) is 31.2 Å². The lowest BCUT2D eigenvalue weighted by Gasteiger charge is -2.04. The first kappa shape index (κ1) is 18.1. The lowest BCUT2D eigenvalue weighted by atomic mass is 10.2. The van der Waals surface area contributed by atoms with E-state index in [0.717, 1.165) is 11.3 Å². The van der Waals surface area contributed by atoms with Crippen molar-refractivity contribution in [2.24, 2.45) is 0 Å². The molecule has 4 rings (SSSR count). The SMILES string of the molecule is C=CCSc1nc2nnc3c(CC(=O)OC)nn(-c4ccc(C)cc4)c3n2n1. The molecule has 3 heterocycles. The molecule has 0 unspecified atom stereocenters. The number of rotatable bonds is 6. The Kier molecular flexibility index (Phi) is 4.78. The zero-order valence-electron chi connectivity index (χ0n) is 15.4. The number of hydrogen-bond acceptors (Lipinski definition) is 8. The molecule has 10 heteroatoms. The van der Waals surface area contributed by atoms with E-state index in [-0.39, 0.29) is 6.42 Å². The highest BCUT2D eigenvalue weighted by Gasteiger charge is 2.21. The molecule has 0 amide bonds. The van der Waals surface area contributed by atoms with Crippen LogP contribution in [0.4, 0.5) is 0 Å². The maximum atomic E-state index is 11.8. The summed E-state index contributed by atoms with van der Waals surface area (Å²) in [5.41, 5.74) is 3.47. The van der Waals surface area contributed by atoms with Crippen LogP contribution in [0, 0.1) is 6.92 Å². The largest absolute Gasteiger partial charge is 0.469 e. The predicted octanol–water partition coefficient (Wildman–Crippen LogP) is 2.16. The fourth-order valence-corrected chi connectivity index (χ4v) is 3.27. The molecule has 4 aromatic rings. The number of benzene rings is 1. The minimum Gasteiger partial charge on any atom is -0.469 e. The van der Waals surface area contributed by atoms with Gasteiger partial charge in [0.25, 0.3) is 5.78 Å². The molecule has 28 heavy (non-hydrogen) atoms. The van der Waals surface area contributed by atoms with Gasteiger partial charge in [-0.3, -0.25) is 4.79 Å². The van der Waals surface area contributed by atoms with Gasteiger partial charge in [-0.05, 0) is 19.1 Å². The van der Waals surface area contributed by atoms with E-state index in [0.29, 0.717) is 33.5 Å². The molecular formula is C18H17N7O2S. The molecule has 0 aliphatic rings. The van der Waals surface area contributed by atoms with Gasteiger partial charge in [0.1, 0.15) is 5.69 Å². The summed E-state index contributed by atoms with van der Waals surface area (Å²) in [6, 6.07) is 7.86. The Hall–Kier alpha value is -3.27. The van der Waals surface area contributed by atoms with E-state index in [9.17, 15) is 4.79 Å². The molecule has 0 atom stereocenters. The molecule has 0 bridgehead atoms. The number of nitrogens with zero attached hydrogens (tertiary/aromatic N) is 7. The number of hydrogen-bond donors (Lipinski definition) is 0. The maximum Gasteiger partial charge on any atom is 0.311 e. The zero-order chi connectivity index (χ0) is 19.7. The summed E-state index contributed by atoms with van der Waals surface area (Å²) in [4.78, 5) is 16.2. The van der Waals surface area contributed by atoms with Crippen molar-refractivity contribution in [1.82, 2.24) is 34.6 Å². The summed E-state index contributed by atoms with van der Waals surface area (Å²) in [6.45, 7) is 5.72. The van der Waals surface area contributed by atoms with Crippen molar-refractivity contribution in [2.45, 2.75) is 18.5 Å². The standard InChI is InChI=1S/C18H17N7O2S/c1-4-9-28-18-19-17-21-20-15-13(10-14(26)27-3)22-24(16(15)25(17)23-18)12-7-5-11(2)6-8-12/h4-8H,1,9-10H2,2-3H3. The summed E-state index contributed by atoms with van der Waals surface area (Å²) < 4.78 is 8.08. The van der Waals surface area contributed by atoms with Gasteiger partial charge in [-0.25, -0.2) is 4.68 Å². The highest BCUT2D eigenvalue weighted by molar-refractivity contribution is 7.99. The number of carbonyl (C=O) groups excluding carboxylic acids is 1. The minimum absolute atomic E-state index is 0.0151. The predicted molar refractivity (Wildman–Crippen MR) is 105 cm³/mol. The fraction of sp³-hybridized carbons (Fsp3) is 0.222. The third-order valence-corrected chi connectivity index (χ3v) is 4.90. The van der Waals surface area contributed by atoms with E-state index in [1.54, 1.807) is 15.3 Å². The van der Waals surface area contributed by atoms with Crippen LogP contribution >= 0.6 is 11.8 Å². The van der Waals surface area contributed by atoms with Crippen molar-refractivity contribution in [3.05, 3.63) is 48.2 Å². The zero-order valence-corrected chi connectivity index (χ0v) is 16.2. The molecule has 0 saturated carbocycles. The van der Waals surface area contributed by atoms with Crippen LogP contribution in [0.5, 0.6) is 0 Å². The van der Waals surface area contributed by atoms with Crippen molar-refractivity contribution < 1.29 is 9.53 Å². The summed E-state index contributed by atoms with van der Waals surface area (Å²) in [6.07, 6.45) is 1.77. The number of fused-ring (bicyclic) bond motifs is 3. The quantitative estimate of drug-likeness (QED) is 0.278. The summed E-state index contributed by atoms with van der Waals surface area (Å²) in [5, 5.41) is 18.1. The van der Waals surface area contributed by atoms with E-state index in [4.69, 9.17) is 4.74 Å². The Morgan fingerprint density at radius 1 is 1.25 bits per heavy atom. The Morgan fingerprint density at radius 3 is 2.75 bits per heavy atom. The molecule has 0 aliphatic carbocycles. The number of aryl methyl sites for hydroxylation is 1. The van der Waals surface area contributed by atoms with Crippen LogP contribution in [-0.4, -0.2) is 53.4 Å². The molecule has 0 saturated heterocycles. The minimum atomic E-state index is -0.404. The fourth-order valence-electron chi connectivity index (χ4n) is 2.71. The van der Waals surface area contributed by atoms with Crippen molar-refractivity contribution >= 4 is 34.7 Å². The molecule has 0 fully saturated rings. The Morgan fingerprint density at radius 2 is 2.04 bits per heavy atom. The summed E-state index contributed by atoms with van der Waals surface area (Å²) in [5.74, 6) is 0.633. The topological polar surface area (TPSA) is 100 Å². The monoisotopic (exact) mass is 395 g/mol. The Labute approximate surface area is 164 Å². The third-order valence-electron chi connectivity index (χ3n) is 4.07. The highest BCUT2D eigenvalue weighted by atomic mass is 32.2. The Bertz CT molecular complexity index is 1180. The first-order chi connectivity index (χ1) is 13.6. The van der Waals surface area contributed by atoms with Gasteiger partial charge in [0, 0.05) is 5.75 Å². The first-order valence-corrected chi connectivity index (χ1v) is 9.48. The van der Waals surface area contributed by atoms with E-state index in [2.05, 4.69) is 32.0 Å². The molecule has 0 aliphatic heterocycles. The first-order valence-electron chi connectivity index (χ1n) is 8.49. The van der Waals surface area contributed by atoms with Crippen LogP contribution in [-0.2, 0) is 16.0 Å². The molecule has 1 aromatic carbocycles. The van der Waals surface area contributed by atoms with Gasteiger partial charge in [0.2, 0.25) is 5.16 Å². The molecule has 9 nitrogen and oxygen atoms in total. The number of methoxy groups -OCH3 is 1. The van der Waals surface area contributed by atoms with Gasteiger partial charge in [-0.15, -0.1) is 21.9 Å². The average molecular weight is 395 g/mol. The number of ether oxygens (including phenoxy) is 1. The lowest BCUT2D eigenvalue weighted by molar-refractivity contribution is -0.139. The van der Waals surface area contributed by atoms with Crippen LogP contribution in [0.2, 0.25) is 0 Å². The number of esters is 1. The van der Waals surface area contributed by atoms with Crippen molar-refractivity contribution in [3.63, 3.8) is 0 Å². The van der Waals surface area contributed by atoms with Crippen molar-refractivity contribution in [1.29, 1.82) is 0 Å². The van der Waals surface area contributed by atoms with Gasteiger partial charge in [0.05, 0.1) is 19.2 Å². The highest BCUT2D eigenvalue weighted by Crippen LogP contribution is 2.23. The van der Waals surface area contributed by atoms with E-state index < -0.39 is 5.97 Å². The van der Waals surface area contributed by atoms with Crippen LogP contribution in [0.15, 0.2) is 42.1 Å². The normalized spacial score (nSPS) is 11.2. The smallest absolute Gasteiger partial charge is 0.311 e. The molecule has 0 N–H and O–H groups in total. The van der Waals surface area contributed by atoms with E-state index >= 15 is 0 Å². The molecular weight excluding hydrogens is 378 g/mol. The summed E-state index contributed by atoms with van der Waals surface area (Å²) in [7, 11) is 1.34. The van der Waals surface area contributed by atoms with Gasteiger partial charge in [-0.1, -0.05) is 35.5 Å². The van der Waals surface area contributed by atoms with Crippen LogP contribution in [0.1, 0.15) is 11.3 Å².